The van der Waals surface area contributed by atoms with E-state index in [4.69, 9.17) is 19.9 Å². The highest BCUT2D eigenvalue weighted by atomic mass is 16.6. The molecule has 284 valence electrons. The van der Waals surface area contributed by atoms with Crippen molar-refractivity contribution < 1.29 is 38.2 Å². The molecular formula is C30H56N12O8. The average molecular weight is 713 g/mol. The number of ether oxygens (including phenoxy) is 3. The van der Waals surface area contributed by atoms with Crippen LogP contribution in [0.5, 0.6) is 0 Å². The first kappa shape index (κ1) is 44.6. The van der Waals surface area contributed by atoms with Gasteiger partial charge in [0.1, 0.15) is 34.0 Å². The van der Waals surface area contributed by atoms with E-state index in [1.165, 1.54) is 21.8 Å². The Morgan fingerprint density at radius 2 is 0.960 bits per heavy atom. The van der Waals surface area contributed by atoms with Crippen molar-refractivity contribution in [3.05, 3.63) is 12.4 Å². The van der Waals surface area contributed by atoms with E-state index in [0.717, 1.165) is 0 Å². The first-order chi connectivity index (χ1) is 22.5. The molecule has 0 saturated carbocycles. The number of urea groups is 2. The molecule has 2 aromatic heterocycles. The number of nitrogen functional groups attached to an aromatic ring is 1. The topological polar surface area (TPSA) is 259 Å². The van der Waals surface area contributed by atoms with E-state index in [1.807, 2.05) is 0 Å². The molecule has 20 nitrogen and oxygen atoms in total. The van der Waals surface area contributed by atoms with Crippen molar-refractivity contribution in [3.63, 3.8) is 0 Å². The fraction of sp³-hybridized carbons (Fsp3) is 0.633. The fourth-order valence-corrected chi connectivity index (χ4v) is 3.26. The van der Waals surface area contributed by atoms with Gasteiger partial charge in [0.05, 0.1) is 12.4 Å². The number of aryl methyl sites for hydroxylation is 2. The Morgan fingerprint density at radius 1 is 0.600 bits per heavy atom. The lowest BCUT2D eigenvalue weighted by Crippen LogP contribution is -2.39. The van der Waals surface area contributed by atoms with Crippen molar-refractivity contribution in [2.45, 2.75) is 86.5 Å². The number of carbonyl (C=O) groups is 5. The molecule has 0 fully saturated rings. The van der Waals surface area contributed by atoms with Crippen molar-refractivity contribution >= 4 is 53.4 Å². The standard InChI is InChI=1S/C17H30N6O5.C12H22N6O3.CH4/c1-16(2,3)27-14(25)19-9-8-18-13(24)21-11-10-20-23(7)12(11)22-15(26)28-17(4,5)6;1-12(2,3)21-11(20)15-6-5-14-10(19)17-8-7-16-18(4)9(8)13;/h10H,8-9H2,1-7H3,(H,19,25)(H,22,26)(H2,18,21,24);7H,5-6,13H2,1-4H3,(H,15,20)(H2,14,17,19);1H4. The van der Waals surface area contributed by atoms with E-state index >= 15 is 0 Å². The maximum Gasteiger partial charge on any atom is 0.413 e. The van der Waals surface area contributed by atoms with Gasteiger partial charge < -0.3 is 51.8 Å². The van der Waals surface area contributed by atoms with Crippen molar-refractivity contribution in [2.24, 2.45) is 14.1 Å². The number of amides is 7. The SMILES string of the molecule is C.Cn1ncc(NC(=O)NCCNC(=O)OC(C)(C)C)c1N.Cn1ncc(NC(=O)NCCNC(=O)OC(C)(C)C)c1NC(=O)OC(C)(C)C. The number of aromatic nitrogens is 4. The molecule has 0 aliphatic carbocycles. The molecule has 20 heteroatoms. The number of nitrogens with zero attached hydrogens (tertiary/aromatic N) is 4. The van der Waals surface area contributed by atoms with Crippen LogP contribution in [0.4, 0.5) is 47.0 Å². The molecule has 2 rings (SSSR count). The van der Waals surface area contributed by atoms with Gasteiger partial charge in [0, 0.05) is 40.3 Å². The van der Waals surface area contributed by atoms with Crippen molar-refractivity contribution in [3.8, 4) is 0 Å². The molecule has 0 aliphatic rings. The number of nitrogens with two attached hydrogens (primary N) is 1. The van der Waals surface area contributed by atoms with Gasteiger partial charge in [0.15, 0.2) is 5.82 Å². The largest absolute Gasteiger partial charge is 0.444 e. The zero-order chi connectivity index (χ0) is 37.6. The van der Waals surface area contributed by atoms with Gasteiger partial charge in [-0.25, -0.2) is 24.0 Å². The molecule has 2 aromatic rings. The van der Waals surface area contributed by atoms with Crippen LogP contribution in [-0.2, 0) is 28.3 Å². The first-order valence-electron chi connectivity index (χ1n) is 15.3. The fourth-order valence-electron chi connectivity index (χ4n) is 3.26. The highest BCUT2D eigenvalue weighted by Crippen LogP contribution is 2.21. The Hall–Kier alpha value is -5.43. The molecule has 2 heterocycles. The van der Waals surface area contributed by atoms with Crippen LogP contribution in [-0.4, -0.2) is 92.9 Å². The maximum atomic E-state index is 12.0. The molecule has 0 atom stereocenters. The summed E-state index contributed by atoms with van der Waals surface area (Å²) in [7, 11) is 3.28. The van der Waals surface area contributed by atoms with Crippen LogP contribution in [0.15, 0.2) is 12.4 Å². The molecule has 0 radical (unpaired) electrons. The average Bonchev–Trinajstić information content (AvgIpc) is 3.42. The highest BCUT2D eigenvalue weighted by molar-refractivity contribution is 5.96. The first-order valence-corrected chi connectivity index (χ1v) is 15.3. The van der Waals surface area contributed by atoms with Crippen LogP contribution in [0, 0.1) is 0 Å². The summed E-state index contributed by atoms with van der Waals surface area (Å²) in [4.78, 5) is 58.4. The highest BCUT2D eigenvalue weighted by Gasteiger charge is 2.20. The van der Waals surface area contributed by atoms with Gasteiger partial charge in [-0.3, -0.25) is 14.7 Å². The minimum Gasteiger partial charge on any atom is -0.444 e. The van der Waals surface area contributed by atoms with E-state index in [0.29, 0.717) is 17.2 Å². The molecule has 7 amide bonds. The summed E-state index contributed by atoms with van der Waals surface area (Å²) >= 11 is 0. The lowest BCUT2D eigenvalue weighted by molar-refractivity contribution is 0.0517. The molecule has 0 aliphatic heterocycles. The van der Waals surface area contributed by atoms with Crippen LogP contribution >= 0.6 is 0 Å². The van der Waals surface area contributed by atoms with Crippen LogP contribution in [0.1, 0.15) is 69.7 Å². The molecular weight excluding hydrogens is 656 g/mol. The molecule has 0 unspecified atom stereocenters. The summed E-state index contributed by atoms with van der Waals surface area (Å²) in [6, 6.07) is -0.952. The number of hydrogen-bond donors (Lipinski definition) is 8. The minimum absolute atomic E-state index is 0. The Morgan fingerprint density at radius 3 is 1.36 bits per heavy atom. The minimum atomic E-state index is -0.666. The van der Waals surface area contributed by atoms with Gasteiger partial charge in [-0.05, 0) is 62.3 Å². The van der Waals surface area contributed by atoms with E-state index < -0.39 is 47.1 Å². The Kier molecular flexibility index (Phi) is 17.4. The third kappa shape index (κ3) is 19.4. The normalized spacial score (nSPS) is 10.9. The van der Waals surface area contributed by atoms with Crippen LogP contribution in [0.25, 0.3) is 0 Å². The van der Waals surface area contributed by atoms with Gasteiger partial charge in [0.25, 0.3) is 0 Å². The van der Waals surface area contributed by atoms with Crippen LogP contribution in [0.3, 0.4) is 0 Å². The van der Waals surface area contributed by atoms with Gasteiger partial charge in [-0.15, -0.1) is 0 Å². The Bertz CT molecular complexity index is 1420. The second kappa shape index (κ2) is 19.5. The predicted octanol–water partition coefficient (Wildman–Crippen LogP) is 3.70. The van der Waals surface area contributed by atoms with Gasteiger partial charge in [-0.2, -0.15) is 10.2 Å². The summed E-state index contributed by atoms with van der Waals surface area (Å²) in [5.41, 5.74) is 4.61. The van der Waals surface area contributed by atoms with Crippen LogP contribution < -0.4 is 43.0 Å². The monoisotopic (exact) mass is 712 g/mol. The summed E-state index contributed by atoms with van der Waals surface area (Å²) in [6.45, 7) is 16.7. The van der Waals surface area contributed by atoms with E-state index in [2.05, 4.69) is 47.4 Å². The third-order valence-corrected chi connectivity index (χ3v) is 5.20. The second-order valence-corrected chi connectivity index (χ2v) is 13.3. The summed E-state index contributed by atoms with van der Waals surface area (Å²) in [5, 5.41) is 25.8. The Labute approximate surface area is 293 Å². The quantitative estimate of drug-likeness (QED) is 0.137. The summed E-state index contributed by atoms with van der Waals surface area (Å²) in [6.07, 6.45) is 1.09. The molecule has 0 saturated heterocycles. The van der Waals surface area contributed by atoms with E-state index in [1.54, 1.807) is 76.4 Å². The molecule has 0 spiro atoms. The number of hydrogen-bond acceptors (Lipinski definition) is 11. The number of nitrogens with one attached hydrogen (secondary N) is 7. The van der Waals surface area contributed by atoms with Crippen molar-refractivity contribution in [1.82, 2.24) is 40.8 Å². The van der Waals surface area contributed by atoms with E-state index in [-0.39, 0.29) is 39.4 Å². The smallest absolute Gasteiger partial charge is 0.413 e. The predicted molar refractivity (Wildman–Crippen MR) is 190 cm³/mol. The summed E-state index contributed by atoms with van der Waals surface area (Å²) in [5.74, 6) is 0.633. The second-order valence-electron chi connectivity index (χ2n) is 13.3. The Balaban J connectivity index is 0.000000978. The van der Waals surface area contributed by atoms with E-state index in [9.17, 15) is 24.0 Å². The van der Waals surface area contributed by atoms with Crippen molar-refractivity contribution in [1.29, 1.82) is 0 Å². The van der Waals surface area contributed by atoms with Crippen LogP contribution in [0.2, 0.25) is 0 Å². The number of rotatable bonds is 9. The van der Waals surface area contributed by atoms with Gasteiger partial charge >= 0.3 is 30.3 Å². The maximum absolute atomic E-state index is 12.0. The van der Waals surface area contributed by atoms with Gasteiger partial charge in [-0.1, -0.05) is 7.43 Å². The number of anilines is 4. The van der Waals surface area contributed by atoms with Crippen molar-refractivity contribution in [2.75, 3.05) is 47.9 Å². The zero-order valence-corrected chi connectivity index (χ0v) is 30.1. The lowest BCUT2D eigenvalue weighted by atomic mass is 10.2. The summed E-state index contributed by atoms with van der Waals surface area (Å²) < 4.78 is 18.2. The number of carbonyl (C=O) groups excluding carboxylic acids is 5. The third-order valence-electron chi connectivity index (χ3n) is 5.20. The molecule has 0 bridgehead atoms. The molecule has 0 aromatic carbocycles. The zero-order valence-electron chi connectivity index (χ0n) is 30.1. The molecule has 9 N–H and O–H groups in total. The molecule has 50 heavy (non-hydrogen) atoms. The lowest BCUT2D eigenvalue weighted by Gasteiger charge is -2.20. The van der Waals surface area contributed by atoms with Gasteiger partial charge in [0.2, 0.25) is 0 Å². The number of alkyl carbamates (subject to hydrolysis) is 2.